The predicted octanol–water partition coefficient (Wildman–Crippen LogP) is 3.64. The zero-order chi connectivity index (χ0) is 11.4. The quantitative estimate of drug-likeness (QED) is 0.757. The molecular formula is C11H17ClN2S. The van der Waals surface area contributed by atoms with Crippen LogP contribution in [-0.4, -0.2) is 15.7 Å². The summed E-state index contributed by atoms with van der Waals surface area (Å²) in [4.78, 5) is 8.68. The van der Waals surface area contributed by atoms with Crippen molar-refractivity contribution >= 4 is 23.4 Å². The van der Waals surface area contributed by atoms with Crippen LogP contribution in [0.3, 0.4) is 0 Å². The van der Waals surface area contributed by atoms with E-state index in [9.17, 15) is 0 Å². The molecule has 1 aromatic heterocycles. The van der Waals surface area contributed by atoms with Crippen LogP contribution in [0, 0.1) is 19.8 Å². The summed E-state index contributed by atoms with van der Waals surface area (Å²) >= 11 is 7.85. The highest BCUT2D eigenvalue weighted by Gasteiger charge is 2.06. The molecule has 84 valence electrons. The van der Waals surface area contributed by atoms with E-state index in [-0.39, 0.29) is 0 Å². The van der Waals surface area contributed by atoms with Crippen molar-refractivity contribution in [1.82, 2.24) is 9.97 Å². The van der Waals surface area contributed by atoms with E-state index in [0.29, 0.717) is 11.1 Å². The standard InChI is InChI=1S/C11H17ClN2S/c1-7(2)5-15-6-10-13-9(4)8(3)11(12)14-10/h7H,5-6H2,1-4H3. The average molecular weight is 245 g/mol. The van der Waals surface area contributed by atoms with Gasteiger partial charge in [0, 0.05) is 11.3 Å². The van der Waals surface area contributed by atoms with Gasteiger partial charge in [-0.3, -0.25) is 0 Å². The second-order valence-electron chi connectivity index (χ2n) is 4.05. The zero-order valence-electron chi connectivity index (χ0n) is 9.67. The summed E-state index contributed by atoms with van der Waals surface area (Å²) in [5.74, 6) is 3.53. The molecule has 0 fully saturated rings. The largest absolute Gasteiger partial charge is 0.237 e. The Bertz CT molecular complexity index is 316. The number of aromatic nitrogens is 2. The summed E-state index contributed by atoms with van der Waals surface area (Å²) < 4.78 is 0. The van der Waals surface area contributed by atoms with E-state index in [1.165, 1.54) is 0 Å². The molecule has 0 atom stereocenters. The molecular weight excluding hydrogens is 228 g/mol. The third-order valence-corrected chi connectivity index (χ3v) is 3.79. The molecule has 0 aliphatic rings. The molecule has 4 heteroatoms. The van der Waals surface area contributed by atoms with Crippen molar-refractivity contribution in [3.8, 4) is 0 Å². The smallest absolute Gasteiger partial charge is 0.140 e. The van der Waals surface area contributed by atoms with Crippen LogP contribution in [-0.2, 0) is 5.75 Å². The molecule has 0 aliphatic carbocycles. The minimum Gasteiger partial charge on any atom is -0.237 e. The number of nitrogens with zero attached hydrogens (tertiary/aromatic N) is 2. The molecule has 0 saturated carbocycles. The van der Waals surface area contributed by atoms with Crippen LogP contribution < -0.4 is 0 Å². The van der Waals surface area contributed by atoms with Gasteiger partial charge in [-0.05, 0) is 25.5 Å². The molecule has 0 spiro atoms. The van der Waals surface area contributed by atoms with Crippen LogP contribution in [0.4, 0.5) is 0 Å². The average Bonchev–Trinajstić information content (AvgIpc) is 2.13. The molecule has 1 aromatic rings. The highest BCUT2D eigenvalue weighted by molar-refractivity contribution is 7.98. The summed E-state index contributed by atoms with van der Waals surface area (Å²) in [7, 11) is 0. The van der Waals surface area contributed by atoms with Crippen LogP contribution in [0.1, 0.15) is 30.9 Å². The predicted molar refractivity (Wildman–Crippen MR) is 67.5 cm³/mol. The maximum absolute atomic E-state index is 6.00. The molecule has 0 saturated heterocycles. The minimum atomic E-state index is 0.586. The Balaban J connectivity index is 2.63. The first-order valence-electron chi connectivity index (χ1n) is 5.08. The molecule has 1 rings (SSSR count). The van der Waals surface area contributed by atoms with Crippen molar-refractivity contribution in [3.05, 3.63) is 22.2 Å². The summed E-state index contributed by atoms with van der Waals surface area (Å²) in [5, 5.41) is 0.586. The number of hydrogen-bond donors (Lipinski definition) is 0. The molecule has 0 bridgehead atoms. The van der Waals surface area contributed by atoms with Gasteiger partial charge in [-0.2, -0.15) is 11.8 Å². The van der Waals surface area contributed by atoms with Crippen LogP contribution in [0.25, 0.3) is 0 Å². The fourth-order valence-corrected chi connectivity index (χ4v) is 2.23. The van der Waals surface area contributed by atoms with Gasteiger partial charge < -0.3 is 0 Å². The molecule has 0 unspecified atom stereocenters. The van der Waals surface area contributed by atoms with Gasteiger partial charge in [0.25, 0.3) is 0 Å². The lowest BCUT2D eigenvalue weighted by atomic mass is 10.3. The molecule has 0 aromatic carbocycles. The van der Waals surface area contributed by atoms with E-state index in [2.05, 4.69) is 23.8 Å². The first kappa shape index (κ1) is 12.8. The molecule has 0 N–H and O–H groups in total. The second kappa shape index (κ2) is 5.71. The maximum Gasteiger partial charge on any atom is 0.140 e. The van der Waals surface area contributed by atoms with Gasteiger partial charge in [-0.25, -0.2) is 9.97 Å². The first-order chi connectivity index (χ1) is 7.00. The summed E-state index contributed by atoms with van der Waals surface area (Å²) in [6.07, 6.45) is 0. The van der Waals surface area contributed by atoms with E-state index in [4.69, 9.17) is 11.6 Å². The minimum absolute atomic E-state index is 0.586. The highest BCUT2D eigenvalue weighted by Crippen LogP contribution is 2.18. The molecule has 0 radical (unpaired) electrons. The lowest BCUT2D eigenvalue weighted by Crippen LogP contribution is -2.00. The van der Waals surface area contributed by atoms with Crippen molar-refractivity contribution in [2.75, 3.05) is 5.75 Å². The number of halogens is 1. The fourth-order valence-electron chi connectivity index (χ4n) is 1.10. The lowest BCUT2D eigenvalue weighted by molar-refractivity contribution is 0.749. The fraction of sp³-hybridized carbons (Fsp3) is 0.636. The van der Waals surface area contributed by atoms with Crippen LogP contribution in [0.2, 0.25) is 5.15 Å². The van der Waals surface area contributed by atoms with E-state index in [1.54, 1.807) is 0 Å². The van der Waals surface area contributed by atoms with Gasteiger partial charge in [0.1, 0.15) is 11.0 Å². The van der Waals surface area contributed by atoms with Crippen LogP contribution in [0.15, 0.2) is 0 Å². The zero-order valence-corrected chi connectivity index (χ0v) is 11.2. The number of rotatable bonds is 4. The van der Waals surface area contributed by atoms with E-state index < -0.39 is 0 Å². The molecule has 15 heavy (non-hydrogen) atoms. The van der Waals surface area contributed by atoms with E-state index in [0.717, 1.165) is 28.6 Å². The topological polar surface area (TPSA) is 25.8 Å². The first-order valence-corrected chi connectivity index (χ1v) is 6.61. The Morgan fingerprint density at radius 1 is 1.27 bits per heavy atom. The monoisotopic (exact) mass is 244 g/mol. The van der Waals surface area contributed by atoms with Gasteiger partial charge in [0.05, 0.1) is 5.75 Å². The van der Waals surface area contributed by atoms with Crippen LogP contribution in [0.5, 0.6) is 0 Å². The summed E-state index contributed by atoms with van der Waals surface area (Å²) in [5.41, 5.74) is 1.96. The number of hydrogen-bond acceptors (Lipinski definition) is 3. The number of aryl methyl sites for hydroxylation is 1. The van der Waals surface area contributed by atoms with Crippen molar-refractivity contribution in [3.63, 3.8) is 0 Å². The van der Waals surface area contributed by atoms with Crippen molar-refractivity contribution in [2.24, 2.45) is 5.92 Å². The molecule has 0 amide bonds. The Labute approximate surface area is 101 Å². The summed E-state index contributed by atoms with van der Waals surface area (Å²) in [6, 6.07) is 0. The van der Waals surface area contributed by atoms with Crippen LogP contribution >= 0.6 is 23.4 Å². The van der Waals surface area contributed by atoms with Gasteiger partial charge in [0.2, 0.25) is 0 Å². The van der Waals surface area contributed by atoms with Gasteiger partial charge in [-0.15, -0.1) is 0 Å². The van der Waals surface area contributed by atoms with Crippen molar-refractivity contribution in [2.45, 2.75) is 33.4 Å². The second-order valence-corrected chi connectivity index (χ2v) is 5.44. The van der Waals surface area contributed by atoms with E-state index in [1.807, 2.05) is 25.6 Å². The maximum atomic E-state index is 6.00. The Morgan fingerprint density at radius 3 is 2.47 bits per heavy atom. The van der Waals surface area contributed by atoms with Gasteiger partial charge in [-0.1, -0.05) is 25.4 Å². The normalized spacial score (nSPS) is 11.1. The Kier molecular flexibility index (Phi) is 4.87. The third-order valence-electron chi connectivity index (χ3n) is 2.06. The van der Waals surface area contributed by atoms with Gasteiger partial charge >= 0.3 is 0 Å². The molecule has 0 aliphatic heterocycles. The third kappa shape index (κ3) is 3.99. The highest BCUT2D eigenvalue weighted by atomic mass is 35.5. The molecule has 2 nitrogen and oxygen atoms in total. The lowest BCUT2D eigenvalue weighted by Gasteiger charge is -2.06. The number of thioether (sulfide) groups is 1. The van der Waals surface area contributed by atoms with E-state index >= 15 is 0 Å². The molecule has 1 heterocycles. The van der Waals surface area contributed by atoms with Gasteiger partial charge in [0.15, 0.2) is 0 Å². The Morgan fingerprint density at radius 2 is 1.93 bits per heavy atom. The van der Waals surface area contributed by atoms with Crippen molar-refractivity contribution < 1.29 is 0 Å². The summed E-state index contributed by atoms with van der Waals surface area (Å²) in [6.45, 7) is 8.34. The SMILES string of the molecule is Cc1nc(CSCC(C)C)nc(Cl)c1C. The Hall–Kier alpha value is -0.280. The van der Waals surface area contributed by atoms with Crippen molar-refractivity contribution in [1.29, 1.82) is 0 Å².